The standard InChI is InChI=1S/C27H25N5O2S/c1-4-19-12-14-20(15-13-19)28-23(33)16-35-27-30-29-26-31(27)22-11-6-5-10-21(22)25(34)32(26)24-17(2)8-7-9-18(24)3/h5-15H,4,16H2,1-3H3,(H,28,33). The van der Waals surface area contributed by atoms with E-state index in [1.54, 1.807) is 4.57 Å². The zero-order chi connectivity index (χ0) is 24.5. The van der Waals surface area contributed by atoms with Gasteiger partial charge >= 0.3 is 0 Å². The first-order valence-electron chi connectivity index (χ1n) is 11.4. The van der Waals surface area contributed by atoms with Crippen LogP contribution in [0.15, 0.2) is 76.7 Å². The molecule has 0 radical (unpaired) electrons. The van der Waals surface area contributed by atoms with E-state index in [-0.39, 0.29) is 17.2 Å². The zero-order valence-electron chi connectivity index (χ0n) is 19.8. The number of aromatic nitrogens is 4. The van der Waals surface area contributed by atoms with Crippen molar-refractivity contribution in [2.75, 3.05) is 11.1 Å². The highest BCUT2D eigenvalue weighted by Gasteiger charge is 2.20. The lowest BCUT2D eigenvalue weighted by molar-refractivity contribution is -0.113. The van der Waals surface area contributed by atoms with Crippen LogP contribution in [-0.2, 0) is 11.2 Å². The largest absolute Gasteiger partial charge is 0.325 e. The van der Waals surface area contributed by atoms with Gasteiger partial charge in [0.15, 0.2) is 5.16 Å². The Morgan fingerprint density at radius 2 is 1.66 bits per heavy atom. The lowest BCUT2D eigenvalue weighted by Crippen LogP contribution is -2.23. The van der Waals surface area contributed by atoms with Gasteiger partial charge in [0, 0.05) is 5.69 Å². The third-order valence-electron chi connectivity index (χ3n) is 6.04. The highest BCUT2D eigenvalue weighted by atomic mass is 32.2. The Balaban J connectivity index is 1.55. The SMILES string of the molecule is CCc1ccc(NC(=O)CSc2nnc3n(-c4c(C)cccc4C)c(=O)c4ccccc4n23)cc1. The van der Waals surface area contributed by atoms with Gasteiger partial charge in [0.25, 0.3) is 5.56 Å². The summed E-state index contributed by atoms with van der Waals surface area (Å²) in [6.07, 6.45) is 0.949. The molecule has 7 nitrogen and oxygen atoms in total. The fourth-order valence-electron chi connectivity index (χ4n) is 4.28. The van der Waals surface area contributed by atoms with Gasteiger partial charge in [-0.1, -0.05) is 61.2 Å². The number of anilines is 1. The minimum Gasteiger partial charge on any atom is -0.325 e. The monoisotopic (exact) mass is 483 g/mol. The minimum atomic E-state index is -0.150. The molecule has 0 atom stereocenters. The van der Waals surface area contributed by atoms with Crippen LogP contribution in [0.1, 0.15) is 23.6 Å². The van der Waals surface area contributed by atoms with Gasteiger partial charge < -0.3 is 5.32 Å². The molecule has 5 aromatic rings. The summed E-state index contributed by atoms with van der Waals surface area (Å²) in [6, 6.07) is 21.2. The molecule has 0 bridgehead atoms. The maximum absolute atomic E-state index is 13.6. The highest BCUT2D eigenvalue weighted by molar-refractivity contribution is 7.99. The van der Waals surface area contributed by atoms with Crippen LogP contribution in [0.2, 0.25) is 0 Å². The molecule has 0 aliphatic heterocycles. The van der Waals surface area contributed by atoms with E-state index in [0.717, 1.165) is 28.9 Å². The number of amides is 1. The van der Waals surface area contributed by atoms with Crippen LogP contribution in [0, 0.1) is 13.8 Å². The van der Waals surface area contributed by atoms with E-state index in [1.165, 1.54) is 17.3 Å². The number of thioether (sulfide) groups is 1. The molecule has 0 saturated carbocycles. The predicted molar refractivity (Wildman–Crippen MR) is 141 cm³/mol. The number of hydrogen-bond donors (Lipinski definition) is 1. The Labute approximate surface area is 206 Å². The number of carbonyl (C=O) groups is 1. The molecule has 1 amide bonds. The van der Waals surface area contributed by atoms with Crippen molar-refractivity contribution in [2.45, 2.75) is 32.3 Å². The number of hydrogen-bond acceptors (Lipinski definition) is 5. The summed E-state index contributed by atoms with van der Waals surface area (Å²) >= 11 is 1.29. The van der Waals surface area contributed by atoms with Crippen LogP contribution in [0.4, 0.5) is 5.69 Å². The summed E-state index contributed by atoms with van der Waals surface area (Å²) in [5, 5.41) is 12.8. The third kappa shape index (κ3) is 4.21. The first kappa shape index (κ1) is 22.9. The Bertz CT molecular complexity index is 1600. The van der Waals surface area contributed by atoms with Crippen molar-refractivity contribution >= 4 is 40.0 Å². The molecule has 176 valence electrons. The van der Waals surface area contributed by atoms with Crippen LogP contribution in [0.3, 0.4) is 0 Å². The van der Waals surface area contributed by atoms with Gasteiger partial charge in [0.2, 0.25) is 11.7 Å². The normalized spacial score (nSPS) is 11.3. The maximum atomic E-state index is 13.6. The number of carbonyl (C=O) groups excluding carboxylic acids is 1. The fourth-order valence-corrected chi connectivity index (χ4v) is 5.02. The number of benzene rings is 3. The molecule has 8 heteroatoms. The third-order valence-corrected chi connectivity index (χ3v) is 6.97. The van der Waals surface area contributed by atoms with E-state index in [4.69, 9.17) is 0 Å². The van der Waals surface area contributed by atoms with Gasteiger partial charge in [0.05, 0.1) is 22.3 Å². The second kappa shape index (κ2) is 9.38. The molecule has 0 spiro atoms. The molecule has 0 fully saturated rings. The number of fused-ring (bicyclic) bond motifs is 3. The molecule has 3 aromatic carbocycles. The van der Waals surface area contributed by atoms with Crippen molar-refractivity contribution in [1.82, 2.24) is 19.2 Å². The van der Waals surface area contributed by atoms with Gasteiger partial charge in [-0.25, -0.2) is 4.57 Å². The summed E-state index contributed by atoms with van der Waals surface area (Å²) in [7, 11) is 0. The molecule has 1 N–H and O–H groups in total. The van der Waals surface area contributed by atoms with Crippen LogP contribution in [-0.4, -0.2) is 30.8 Å². The van der Waals surface area contributed by atoms with Gasteiger partial charge in [-0.15, -0.1) is 10.2 Å². The lowest BCUT2D eigenvalue weighted by atomic mass is 10.1. The van der Waals surface area contributed by atoms with Gasteiger partial charge in [-0.05, 0) is 61.2 Å². The lowest BCUT2D eigenvalue weighted by Gasteiger charge is -2.15. The molecule has 5 rings (SSSR count). The van der Waals surface area contributed by atoms with Gasteiger partial charge in [0.1, 0.15) is 0 Å². The van der Waals surface area contributed by atoms with E-state index < -0.39 is 0 Å². The summed E-state index contributed by atoms with van der Waals surface area (Å²) in [4.78, 5) is 26.2. The molecule has 0 unspecified atom stereocenters. The average molecular weight is 484 g/mol. The number of rotatable bonds is 6. The second-order valence-electron chi connectivity index (χ2n) is 8.40. The van der Waals surface area contributed by atoms with Crippen LogP contribution < -0.4 is 10.9 Å². The first-order valence-corrected chi connectivity index (χ1v) is 12.4. The number of nitrogens with zero attached hydrogens (tertiary/aromatic N) is 4. The van der Waals surface area contributed by atoms with Gasteiger partial charge in [-0.2, -0.15) is 0 Å². The van der Waals surface area contributed by atoms with E-state index in [9.17, 15) is 9.59 Å². The molecular weight excluding hydrogens is 458 g/mol. The van der Waals surface area contributed by atoms with E-state index >= 15 is 0 Å². The molecule has 0 aliphatic rings. The van der Waals surface area contributed by atoms with Crippen molar-refractivity contribution in [1.29, 1.82) is 0 Å². The number of aryl methyl sites for hydroxylation is 3. The topological polar surface area (TPSA) is 81.3 Å². The summed E-state index contributed by atoms with van der Waals surface area (Å²) in [5.74, 6) is 0.445. The molecule has 2 heterocycles. The van der Waals surface area contributed by atoms with Crippen LogP contribution in [0.5, 0.6) is 0 Å². The Morgan fingerprint density at radius 1 is 0.943 bits per heavy atom. The summed E-state index contributed by atoms with van der Waals surface area (Å²) < 4.78 is 3.48. The maximum Gasteiger partial charge on any atom is 0.267 e. The van der Waals surface area contributed by atoms with Crippen molar-refractivity contribution in [3.8, 4) is 5.69 Å². The van der Waals surface area contributed by atoms with E-state index in [1.807, 2.05) is 85.0 Å². The van der Waals surface area contributed by atoms with Crippen molar-refractivity contribution in [3.63, 3.8) is 0 Å². The highest BCUT2D eigenvalue weighted by Crippen LogP contribution is 2.25. The summed E-state index contributed by atoms with van der Waals surface area (Å²) in [6.45, 7) is 6.05. The zero-order valence-corrected chi connectivity index (χ0v) is 20.6. The van der Waals surface area contributed by atoms with Crippen molar-refractivity contribution in [2.24, 2.45) is 0 Å². The first-order chi connectivity index (χ1) is 17.0. The van der Waals surface area contributed by atoms with E-state index in [2.05, 4.69) is 22.4 Å². The second-order valence-corrected chi connectivity index (χ2v) is 9.35. The van der Waals surface area contributed by atoms with Crippen LogP contribution in [0.25, 0.3) is 22.4 Å². The number of nitrogens with one attached hydrogen (secondary N) is 1. The fraction of sp³-hybridized carbons (Fsp3) is 0.185. The van der Waals surface area contributed by atoms with E-state index in [0.29, 0.717) is 21.8 Å². The quantitative estimate of drug-likeness (QED) is 0.346. The average Bonchev–Trinajstić information content (AvgIpc) is 3.29. The molecular formula is C27H25N5O2S. The Morgan fingerprint density at radius 3 is 2.37 bits per heavy atom. The predicted octanol–water partition coefficient (Wildman–Crippen LogP) is 4.94. The molecule has 35 heavy (non-hydrogen) atoms. The van der Waals surface area contributed by atoms with Crippen molar-refractivity contribution in [3.05, 3.63) is 93.8 Å². The Hall–Kier alpha value is -3.91. The Kier molecular flexibility index (Phi) is 6.13. The smallest absolute Gasteiger partial charge is 0.267 e. The molecule has 0 saturated heterocycles. The van der Waals surface area contributed by atoms with Crippen molar-refractivity contribution < 1.29 is 4.79 Å². The van der Waals surface area contributed by atoms with Gasteiger partial charge in [-0.3, -0.25) is 14.0 Å². The summed E-state index contributed by atoms with van der Waals surface area (Å²) in [5.41, 5.74) is 5.26. The molecule has 0 aliphatic carbocycles. The number of para-hydroxylation sites is 2. The molecule has 2 aromatic heterocycles. The minimum absolute atomic E-state index is 0.136. The van der Waals surface area contributed by atoms with Crippen LogP contribution >= 0.6 is 11.8 Å².